The Labute approximate surface area is 216 Å². The van der Waals surface area contributed by atoms with E-state index in [1.165, 1.54) is 18.2 Å². The number of ether oxygens (including phenoxy) is 1. The van der Waals surface area contributed by atoms with Crippen molar-refractivity contribution in [2.45, 2.75) is 31.4 Å². The Kier molecular flexibility index (Phi) is 6.27. The number of sulfonamides is 1. The molecular weight excluding hydrogens is 522 g/mol. The predicted molar refractivity (Wildman–Crippen MR) is 142 cm³/mol. The van der Waals surface area contributed by atoms with Crippen LogP contribution in [0.1, 0.15) is 12.5 Å². The van der Waals surface area contributed by atoms with Crippen LogP contribution in [0.25, 0.3) is 10.2 Å². The second-order valence-corrected chi connectivity index (χ2v) is 11.6. The molecule has 1 N–H and O–H groups in total. The van der Waals surface area contributed by atoms with E-state index in [9.17, 15) is 18.0 Å². The molecule has 0 spiro atoms. The van der Waals surface area contributed by atoms with Crippen molar-refractivity contribution in [3.63, 3.8) is 0 Å². The topological polar surface area (TPSA) is 97.7 Å². The van der Waals surface area contributed by atoms with E-state index in [2.05, 4.69) is 5.32 Å². The molecule has 8 nitrogen and oxygen atoms in total. The van der Waals surface area contributed by atoms with Gasteiger partial charge >= 0.3 is 4.87 Å². The maximum absolute atomic E-state index is 13.6. The quantitative estimate of drug-likeness (QED) is 0.395. The molecule has 2 heterocycles. The van der Waals surface area contributed by atoms with Crippen LogP contribution in [0.2, 0.25) is 5.02 Å². The number of fused-ring (bicyclic) bond motifs is 2. The SMILES string of the molecule is CCn1c(=O)sc2cc(NC(=O)[C@@H]3CN(S(=O)(=O)c4ccc(C)cc4)c4cc(Cl)ccc4O3)ccc21. The number of rotatable bonds is 5. The van der Waals surface area contributed by atoms with Crippen molar-refractivity contribution in [1.82, 2.24) is 4.57 Å². The van der Waals surface area contributed by atoms with E-state index in [4.69, 9.17) is 16.3 Å². The number of carbonyl (C=O) groups excluding carboxylic acids is 1. The second kappa shape index (κ2) is 9.27. The zero-order valence-corrected chi connectivity index (χ0v) is 21.8. The highest BCUT2D eigenvalue weighted by molar-refractivity contribution is 7.92. The lowest BCUT2D eigenvalue weighted by atomic mass is 10.2. The second-order valence-electron chi connectivity index (χ2n) is 8.35. The van der Waals surface area contributed by atoms with Crippen molar-refractivity contribution in [2.75, 3.05) is 16.2 Å². The fourth-order valence-electron chi connectivity index (χ4n) is 4.09. The molecule has 0 aliphatic carbocycles. The minimum absolute atomic E-state index is 0.0705. The fraction of sp³-hybridized carbons (Fsp3) is 0.200. The van der Waals surface area contributed by atoms with Gasteiger partial charge in [-0.3, -0.25) is 18.5 Å². The molecule has 0 bridgehead atoms. The van der Waals surface area contributed by atoms with Gasteiger partial charge in [0, 0.05) is 17.3 Å². The number of nitrogens with zero attached hydrogens (tertiary/aromatic N) is 2. The van der Waals surface area contributed by atoms with Crippen LogP contribution in [0.5, 0.6) is 5.75 Å². The van der Waals surface area contributed by atoms with E-state index >= 15 is 0 Å². The maximum atomic E-state index is 13.6. The summed E-state index contributed by atoms with van der Waals surface area (Å²) in [6.45, 7) is 4.07. The first kappa shape index (κ1) is 24.4. The Morgan fingerprint density at radius 3 is 2.61 bits per heavy atom. The van der Waals surface area contributed by atoms with Crippen molar-refractivity contribution in [3.8, 4) is 5.75 Å². The summed E-state index contributed by atoms with van der Waals surface area (Å²) in [6.07, 6.45) is -1.12. The lowest BCUT2D eigenvalue weighted by Crippen LogP contribution is -2.48. The molecule has 1 aliphatic rings. The van der Waals surface area contributed by atoms with E-state index in [1.807, 2.05) is 13.8 Å². The summed E-state index contributed by atoms with van der Waals surface area (Å²) < 4.78 is 36.6. The number of nitrogens with one attached hydrogen (secondary N) is 1. The zero-order chi connectivity index (χ0) is 25.6. The third-order valence-electron chi connectivity index (χ3n) is 5.94. The Morgan fingerprint density at radius 2 is 1.89 bits per heavy atom. The first-order valence-electron chi connectivity index (χ1n) is 11.2. The van der Waals surface area contributed by atoms with Crippen molar-refractivity contribution in [3.05, 3.63) is 80.9 Å². The number of hydrogen-bond donors (Lipinski definition) is 1. The van der Waals surface area contributed by atoms with Crippen molar-refractivity contribution in [1.29, 1.82) is 0 Å². The van der Waals surface area contributed by atoms with Gasteiger partial charge in [0.15, 0.2) is 6.10 Å². The van der Waals surface area contributed by atoms with Crippen molar-refractivity contribution >= 4 is 60.5 Å². The van der Waals surface area contributed by atoms with Gasteiger partial charge in [-0.2, -0.15) is 0 Å². The molecule has 11 heteroatoms. The summed E-state index contributed by atoms with van der Waals surface area (Å²) in [5, 5.41) is 3.14. The van der Waals surface area contributed by atoms with Crippen LogP contribution in [0.3, 0.4) is 0 Å². The Bertz CT molecular complexity index is 1640. The smallest absolute Gasteiger partial charge is 0.308 e. The highest BCUT2D eigenvalue weighted by Gasteiger charge is 2.38. The van der Waals surface area contributed by atoms with E-state index in [1.54, 1.807) is 47.0 Å². The number of aromatic nitrogens is 1. The van der Waals surface area contributed by atoms with Crippen LogP contribution < -0.4 is 19.2 Å². The molecule has 5 rings (SSSR count). The van der Waals surface area contributed by atoms with Gasteiger partial charge in [-0.15, -0.1) is 0 Å². The first-order chi connectivity index (χ1) is 17.2. The molecule has 0 fully saturated rings. The lowest BCUT2D eigenvalue weighted by molar-refractivity contribution is -0.122. The van der Waals surface area contributed by atoms with Crippen LogP contribution in [0, 0.1) is 6.92 Å². The van der Waals surface area contributed by atoms with Crippen LogP contribution >= 0.6 is 22.9 Å². The fourth-order valence-corrected chi connectivity index (χ4v) is 6.72. The highest BCUT2D eigenvalue weighted by Crippen LogP contribution is 2.39. The molecule has 3 aromatic carbocycles. The van der Waals surface area contributed by atoms with Gasteiger partial charge in [0.25, 0.3) is 15.9 Å². The van der Waals surface area contributed by atoms with Crippen LogP contribution in [0.15, 0.2) is 70.4 Å². The monoisotopic (exact) mass is 543 g/mol. The largest absolute Gasteiger partial charge is 0.476 e. The molecule has 1 aliphatic heterocycles. The molecular formula is C25H22ClN3O5S2. The van der Waals surface area contributed by atoms with Crippen molar-refractivity contribution in [2.24, 2.45) is 0 Å². The Balaban J connectivity index is 1.47. The molecule has 186 valence electrons. The normalized spacial score (nSPS) is 15.4. The summed E-state index contributed by atoms with van der Waals surface area (Å²) in [7, 11) is -4.00. The van der Waals surface area contributed by atoms with Gasteiger partial charge in [0.2, 0.25) is 0 Å². The number of halogens is 1. The van der Waals surface area contributed by atoms with Crippen LogP contribution in [0.4, 0.5) is 11.4 Å². The Hall–Kier alpha value is -3.34. The van der Waals surface area contributed by atoms with Gasteiger partial charge in [-0.1, -0.05) is 40.6 Å². The van der Waals surface area contributed by atoms with Crippen LogP contribution in [-0.4, -0.2) is 31.5 Å². The third-order valence-corrected chi connectivity index (χ3v) is 8.91. The van der Waals surface area contributed by atoms with Gasteiger partial charge in [-0.05, 0) is 62.4 Å². The number of hydrogen-bond acceptors (Lipinski definition) is 6. The highest BCUT2D eigenvalue weighted by atomic mass is 35.5. The first-order valence-corrected chi connectivity index (χ1v) is 13.8. The molecule has 1 amide bonds. The average Bonchev–Trinajstić information content (AvgIpc) is 3.17. The lowest BCUT2D eigenvalue weighted by Gasteiger charge is -2.34. The third kappa shape index (κ3) is 4.36. The summed E-state index contributed by atoms with van der Waals surface area (Å²) >= 11 is 7.26. The number of anilines is 2. The molecule has 1 aromatic heterocycles. The molecule has 0 unspecified atom stereocenters. The summed E-state index contributed by atoms with van der Waals surface area (Å²) in [5.74, 6) is -0.281. The summed E-state index contributed by atoms with van der Waals surface area (Å²) in [4.78, 5) is 25.4. The number of thiazole rings is 1. The number of aryl methyl sites for hydroxylation is 2. The summed E-state index contributed by atoms with van der Waals surface area (Å²) in [6, 6.07) is 16.3. The molecule has 36 heavy (non-hydrogen) atoms. The van der Waals surface area contributed by atoms with Gasteiger partial charge in [0.1, 0.15) is 5.75 Å². The molecule has 0 radical (unpaired) electrons. The minimum atomic E-state index is -4.00. The molecule has 4 aromatic rings. The molecule has 0 saturated heterocycles. The zero-order valence-electron chi connectivity index (χ0n) is 19.4. The standard InChI is InChI=1S/C25H22ClN3O5S2/c1-3-28-19-10-7-17(13-23(19)35-25(28)31)27-24(30)22-14-29(20-12-16(26)6-11-21(20)34-22)36(32,33)18-8-4-15(2)5-9-18/h4-13,22H,3,14H2,1-2H3,(H,27,30)/t22-/m0/s1. The van der Waals surface area contributed by atoms with E-state index in [-0.39, 0.29) is 27.8 Å². The van der Waals surface area contributed by atoms with E-state index in [0.717, 1.165) is 31.4 Å². The van der Waals surface area contributed by atoms with E-state index < -0.39 is 22.0 Å². The van der Waals surface area contributed by atoms with Gasteiger partial charge in [0.05, 0.1) is 27.3 Å². The maximum Gasteiger partial charge on any atom is 0.308 e. The van der Waals surface area contributed by atoms with E-state index in [0.29, 0.717) is 17.3 Å². The Morgan fingerprint density at radius 1 is 1.14 bits per heavy atom. The van der Waals surface area contributed by atoms with Gasteiger partial charge < -0.3 is 10.1 Å². The van der Waals surface area contributed by atoms with Gasteiger partial charge in [-0.25, -0.2) is 8.42 Å². The molecule has 0 saturated carbocycles. The molecule has 1 atom stereocenters. The minimum Gasteiger partial charge on any atom is -0.476 e. The van der Waals surface area contributed by atoms with Crippen molar-refractivity contribution < 1.29 is 17.9 Å². The number of benzene rings is 3. The summed E-state index contributed by atoms with van der Waals surface area (Å²) in [5.41, 5.74) is 2.46. The average molecular weight is 544 g/mol. The number of amides is 1. The van der Waals surface area contributed by atoms with Crippen LogP contribution in [-0.2, 0) is 21.4 Å². The number of carbonyl (C=O) groups is 1. The predicted octanol–water partition coefficient (Wildman–Crippen LogP) is 4.64.